The number of esters is 1. The van der Waals surface area contributed by atoms with Gasteiger partial charge < -0.3 is 9.64 Å². The smallest absolute Gasteiger partial charge is 0.338 e. The Morgan fingerprint density at radius 3 is 2.29 bits per heavy atom. The van der Waals surface area contributed by atoms with E-state index in [9.17, 15) is 14.4 Å². The molecule has 0 aliphatic carbocycles. The molecule has 3 rings (SSSR count). The van der Waals surface area contributed by atoms with Crippen LogP contribution in [-0.2, 0) is 9.53 Å². The highest BCUT2D eigenvalue weighted by molar-refractivity contribution is 6.00. The summed E-state index contributed by atoms with van der Waals surface area (Å²) in [4.78, 5) is 37.4. The maximum Gasteiger partial charge on any atom is 0.338 e. The van der Waals surface area contributed by atoms with Crippen LogP contribution >= 0.6 is 0 Å². The van der Waals surface area contributed by atoms with Gasteiger partial charge in [0.2, 0.25) is 5.91 Å². The Labute approximate surface area is 139 Å². The van der Waals surface area contributed by atoms with Crippen LogP contribution in [0.5, 0.6) is 0 Å². The van der Waals surface area contributed by atoms with E-state index in [-0.39, 0.29) is 18.3 Å². The molecule has 0 N–H and O–H groups in total. The van der Waals surface area contributed by atoms with E-state index in [4.69, 9.17) is 4.74 Å². The Bertz CT molecular complexity index is 753. The number of amides is 1. The number of Topliss-reactive ketones (excluding diaryl/α,β-unsaturated/α-hetero) is 1. The van der Waals surface area contributed by atoms with Gasteiger partial charge in [0.1, 0.15) is 0 Å². The van der Waals surface area contributed by atoms with E-state index < -0.39 is 5.97 Å². The highest BCUT2D eigenvalue weighted by atomic mass is 16.5. The summed E-state index contributed by atoms with van der Waals surface area (Å²) in [5, 5.41) is 0. The fourth-order valence-corrected chi connectivity index (χ4v) is 2.62. The maximum absolute atomic E-state index is 12.1. The van der Waals surface area contributed by atoms with Crippen LogP contribution in [0.1, 0.15) is 33.6 Å². The van der Waals surface area contributed by atoms with Gasteiger partial charge in [-0.2, -0.15) is 0 Å². The third-order valence-electron chi connectivity index (χ3n) is 3.92. The first-order chi connectivity index (χ1) is 11.6. The summed E-state index contributed by atoms with van der Waals surface area (Å²) in [6.45, 7) is 0.399. The number of nitrogens with zero attached hydrogens (tertiary/aromatic N) is 1. The molecule has 122 valence electrons. The molecule has 1 saturated heterocycles. The summed E-state index contributed by atoms with van der Waals surface area (Å²) >= 11 is 0. The van der Waals surface area contributed by atoms with E-state index >= 15 is 0 Å². The van der Waals surface area contributed by atoms with E-state index in [1.807, 2.05) is 0 Å². The molecule has 24 heavy (non-hydrogen) atoms. The lowest BCUT2D eigenvalue weighted by molar-refractivity contribution is -0.117. The van der Waals surface area contributed by atoms with Crippen molar-refractivity contribution < 1.29 is 19.1 Å². The first kappa shape index (κ1) is 15.9. The fourth-order valence-electron chi connectivity index (χ4n) is 2.62. The van der Waals surface area contributed by atoms with Gasteiger partial charge in [0, 0.05) is 24.2 Å². The largest absolute Gasteiger partial charge is 0.454 e. The van der Waals surface area contributed by atoms with Crippen molar-refractivity contribution in [2.24, 2.45) is 0 Å². The van der Waals surface area contributed by atoms with Crippen LogP contribution in [0.15, 0.2) is 54.6 Å². The number of ether oxygens (including phenoxy) is 1. The standard InChI is InChI=1S/C19H17NO4/c21-17(13-24-19(23)15-5-2-1-3-6-15)14-8-10-16(11-9-14)20-12-4-7-18(20)22/h1-3,5-6,8-11H,4,7,12-13H2. The van der Waals surface area contributed by atoms with Crippen LogP contribution in [0.2, 0.25) is 0 Å². The molecule has 1 aliphatic rings. The summed E-state index contributed by atoms with van der Waals surface area (Å²) < 4.78 is 5.04. The van der Waals surface area contributed by atoms with Crippen molar-refractivity contribution in [3.05, 3.63) is 65.7 Å². The normalized spacial score (nSPS) is 13.8. The Hall–Kier alpha value is -2.95. The monoisotopic (exact) mass is 323 g/mol. The van der Waals surface area contributed by atoms with Crippen molar-refractivity contribution in [3.8, 4) is 0 Å². The molecule has 0 radical (unpaired) electrons. The van der Waals surface area contributed by atoms with E-state index in [1.54, 1.807) is 59.5 Å². The van der Waals surface area contributed by atoms with Crippen molar-refractivity contribution in [2.75, 3.05) is 18.1 Å². The quantitative estimate of drug-likeness (QED) is 0.627. The van der Waals surface area contributed by atoms with Gasteiger partial charge in [-0.05, 0) is 42.8 Å². The van der Waals surface area contributed by atoms with Crippen molar-refractivity contribution in [1.82, 2.24) is 0 Å². The molecular weight excluding hydrogens is 306 g/mol. The van der Waals surface area contributed by atoms with Crippen LogP contribution in [0.4, 0.5) is 5.69 Å². The highest BCUT2D eigenvalue weighted by Gasteiger charge is 2.21. The van der Waals surface area contributed by atoms with Crippen molar-refractivity contribution in [3.63, 3.8) is 0 Å². The van der Waals surface area contributed by atoms with Crippen LogP contribution in [0, 0.1) is 0 Å². The number of carbonyl (C=O) groups is 3. The zero-order chi connectivity index (χ0) is 16.9. The molecule has 1 aliphatic heterocycles. The molecule has 0 saturated carbocycles. The molecule has 5 heteroatoms. The Morgan fingerprint density at radius 2 is 1.67 bits per heavy atom. The molecule has 1 amide bonds. The summed E-state index contributed by atoms with van der Waals surface area (Å²) in [5.74, 6) is -0.701. The average Bonchev–Trinajstić information content (AvgIpc) is 3.06. The van der Waals surface area contributed by atoms with Crippen LogP contribution < -0.4 is 4.90 Å². The van der Waals surface area contributed by atoms with E-state index in [0.29, 0.717) is 24.1 Å². The Morgan fingerprint density at radius 1 is 0.958 bits per heavy atom. The molecular formula is C19H17NO4. The average molecular weight is 323 g/mol. The number of hydrogen-bond acceptors (Lipinski definition) is 4. The van der Waals surface area contributed by atoms with Crippen molar-refractivity contribution >= 4 is 23.3 Å². The number of benzene rings is 2. The first-order valence-corrected chi connectivity index (χ1v) is 7.81. The lowest BCUT2D eigenvalue weighted by atomic mass is 10.1. The minimum Gasteiger partial charge on any atom is -0.454 e. The predicted octanol–water partition coefficient (Wildman–Crippen LogP) is 2.85. The second-order valence-corrected chi connectivity index (χ2v) is 5.56. The Kier molecular flexibility index (Phi) is 4.70. The minimum atomic E-state index is -0.525. The first-order valence-electron chi connectivity index (χ1n) is 7.81. The lowest BCUT2D eigenvalue weighted by Gasteiger charge is -2.15. The topological polar surface area (TPSA) is 63.7 Å². The SMILES string of the molecule is O=C(COC(=O)c1ccccc1)c1ccc(N2CCCC2=O)cc1. The van der Waals surface area contributed by atoms with Gasteiger partial charge in [0.05, 0.1) is 5.56 Å². The molecule has 1 fully saturated rings. The molecule has 0 spiro atoms. The van der Waals surface area contributed by atoms with Gasteiger partial charge >= 0.3 is 5.97 Å². The molecule has 0 aromatic heterocycles. The van der Waals surface area contributed by atoms with E-state index in [0.717, 1.165) is 12.1 Å². The minimum absolute atomic E-state index is 0.103. The summed E-state index contributed by atoms with van der Waals surface area (Å²) in [7, 11) is 0. The lowest BCUT2D eigenvalue weighted by Crippen LogP contribution is -2.23. The number of hydrogen-bond donors (Lipinski definition) is 0. The van der Waals surface area contributed by atoms with Crippen LogP contribution in [0.25, 0.3) is 0 Å². The van der Waals surface area contributed by atoms with Gasteiger partial charge in [0.25, 0.3) is 0 Å². The zero-order valence-electron chi connectivity index (χ0n) is 13.1. The zero-order valence-corrected chi connectivity index (χ0v) is 13.1. The van der Waals surface area contributed by atoms with Crippen molar-refractivity contribution in [2.45, 2.75) is 12.8 Å². The maximum atomic E-state index is 12.1. The van der Waals surface area contributed by atoms with E-state index in [2.05, 4.69) is 0 Å². The fraction of sp³-hybridized carbons (Fsp3) is 0.211. The van der Waals surface area contributed by atoms with Crippen molar-refractivity contribution in [1.29, 1.82) is 0 Å². The van der Waals surface area contributed by atoms with E-state index in [1.165, 1.54) is 0 Å². The molecule has 2 aromatic rings. The number of ketones is 1. The molecule has 0 atom stereocenters. The molecule has 5 nitrogen and oxygen atoms in total. The second kappa shape index (κ2) is 7.08. The van der Waals surface area contributed by atoms with Gasteiger partial charge in [-0.15, -0.1) is 0 Å². The summed E-state index contributed by atoms with van der Waals surface area (Å²) in [6.07, 6.45) is 1.42. The number of anilines is 1. The molecule has 0 bridgehead atoms. The number of rotatable bonds is 5. The Balaban J connectivity index is 1.59. The van der Waals surface area contributed by atoms with Gasteiger partial charge in [-0.3, -0.25) is 9.59 Å². The molecule has 1 heterocycles. The molecule has 2 aromatic carbocycles. The second-order valence-electron chi connectivity index (χ2n) is 5.56. The molecule has 0 unspecified atom stereocenters. The predicted molar refractivity (Wildman–Crippen MR) is 89.1 cm³/mol. The van der Waals surface area contributed by atoms with Gasteiger partial charge in [-0.1, -0.05) is 18.2 Å². The van der Waals surface area contributed by atoms with Crippen LogP contribution in [0.3, 0.4) is 0 Å². The van der Waals surface area contributed by atoms with Gasteiger partial charge in [-0.25, -0.2) is 4.79 Å². The third kappa shape index (κ3) is 3.51. The highest BCUT2D eigenvalue weighted by Crippen LogP contribution is 2.21. The van der Waals surface area contributed by atoms with Gasteiger partial charge in [0.15, 0.2) is 12.4 Å². The summed E-state index contributed by atoms with van der Waals surface area (Å²) in [5.41, 5.74) is 1.65. The number of carbonyl (C=O) groups excluding carboxylic acids is 3. The third-order valence-corrected chi connectivity index (χ3v) is 3.92. The van der Waals surface area contributed by atoms with Crippen LogP contribution in [-0.4, -0.2) is 30.8 Å². The summed E-state index contributed by atoms with van der Waals surface area (Å²) in [6, 6.07) is 15.3.